The lowest BCUT2D eigenvalue weighted by atomic mass is 10.1. The lowest BCUT2D eigenvalue weighted by molar-refractivity contribution is -0.143. The fourth-order valence-corrected chi connectivity index (χ4v) is 3.60. The normalized spacial score (nSPS) is 14.6. The number of hydrogen-bond donors (Lipinski definition) is 1. The smallest absolute Gasteiger partial charge is 0.319 e. The molecule has 35 heavy (non-hydrogen) atoms. The number of nitrogens with one attached hydrogen (secondary N) is 1. The van der Waals surface area contributed by atoms with Gasteiger partial charge in [0.2, 0.25) is 5.91 Å². The molecule has 1 saturated carbocycles. The number of halogens is 10. The number of carbonyl (C=O) groups excluding carboxylic acids is 1. The zero-order valence-electron chi connectivity index (χ0n) is 17.3. The van der Waals surface area contributed by atoms with Crippen LogP contribution in [0.4, 0.5) is 49.6 Å². The zero-order chi connectivity index (χ0) is 26.0. The van der Waals surface area contributed by atoms with Gasteiger partial charge in [-0.15, -0.1) is 0 Å². The predicted molar refractivity (Wildman–Crippen MR) is 99.1 cm³/mol. The fourth-order valence-electron chi connectivity index (χ4n) is 3.60. The van der Waals surface area contributed by atoms with Gasteiger partial charge >= 0.3 is 12.4 Å². The van der Waals surface area contributed by atoms with Crippen LogP contribution in [0.2, 0.25) is 0 Å². The molecule has 3 aromatic rings. The van der Waals surface area contributed by atoms with Crippen molar-refractivity contribution in [3.8, 4) is 0 Å². The average Bonchev–Trinajstić information content (AvgIpc) is 3.53. The molecular weight excluding hydrogens is 502 g/mol. The third kappa shape index (κ3) is 4.38. The van der Waals surface area contributed by atoms with E-state index in [9.17, 15) is 48.7 Å². The number of alkyl halides is 6. The molecule has 4 rings (SSSR count). The van der Waals surface area contributed by atoms with Gasteiger partial charge in [0, 0.05) is 11.6 Å². The Kier molecular flexibility index (Phi) is 5.71. The average molecular weight is 514 g/mol. The Morgan fingerprint density at radius 2 is 1.57 bits per heavy atom. The lowest BCUT2D eigenvalue weighted by Gasteiger charge is -2.15. The monoisotopic (exact) mass is 514 g/mol. The largest absolute Gasteiger partial charge is 0.422 e. The summed E-state index contributed by atoms with van der Waals surface area (Å²) < 4.78 is 135. The maximum Gasteiger partial charge on any atom is 0.422 e. The van der Waals surface area contributed by atoms with Crippen LogP contribution in [0, 0.1) is 30.2 Å². The molecule has 1 aromatic carbocycles. The highest BCUT2D eigenvalue weighted by atomic mass is 19.4. The van der Waals surface area contributed by atoms with Crippen LogP contribution in [0.5, 0.6) is 0 Å². The van der Waals surface area contributed by atoms with Gasteiger partial charge in [0.15, 0.2) is 28.9 Å². The van der Waals surface area contributed by atoms with Gasteiger partial charge in [-0.05, 0) is 25.8 Å². The van der Waals surface area contributed by atoms with Crippen molar-refractivity contribution in [2.45, 2.75) is 44.6 Å². The first-order chi connectivity index (χ1) is 16.1. The van der Waals surface area contributed by atoms with Crippen molar-refractivity contribution in [2.24, 2.45) is 0 Å². The molecule has 0 atom stereocenters. The lowest BCUT2D eigenvalue weighted by Crippen LogP contribution is -2.23. The second kappa shape index (κ2) is 8.09. The van der Waals surface area contributed by atoms with Gasteiger partial charge in [-0.2, -0.15) is 31.4 Å². The standard InChI is InChI=1S/C20H12F10N4O/c1-6-11-8(19(25,26)27)4-9(7-2-3-7)31-18(11)34(33-6)5-10(35)32-17-15(23)13(21)12(20(28,29)30)14(22)16(17)24/h4,7H,2-3,5H2,1H3,(H,32,35). The van der Waals surface area contributed by atoms with Crippen LogP contribution in [0.15, 0.2) is 6.07 Å². The Bertz CT molecular complexity index is 1330. The molecule has 15 heteroatoms. The van der Waals surface area contributed by atoms with Crippen LogP contribution >= 0.6 is 0 Å². The number of anilines is 1. The third-order valence-corrected chi connectivity index (χ3v) is 5.30. The molecule has 2 heterocycles. The number of nitrogens with zero attached hydrogens (tertiary/aromatic N) is 3. The molecule has 0 radical (unpaired) electrons. The van der Waals surface area contributed by atoms with Gasteiger partial charge in [-0.3, -0.25) is 4.79 Å². The van der Waals surface area contributed by atoms with Gasteiger partial charge in [-0.25, -0.2) is 27.2 Å². The molecule has 1 aliphatic rings. The summed E-state index contributed by atoms with van der Waals surface area (Å²) in [6, 6.07) is 0.873. The molecule has 0 aliphatic heterocycles. The highest BCUT2D eigenvalue weighted by Gasteiger charge is 2.43. The summed E-state index contributed by atoms with van der Waals surface area (Å²) in [5, 5.41) is 4.78. The molecular formula is C20H12F10N4O. The second-order valence-electron chi connectivity index (χ2n) is 7.86. The van der Waals surface area contributed by atoms with Gasteiger partial charge in [0.25, 0.3) is 0 Å². The molecule has 1 fully saturated rings. The van der Waals surface area contributed by atoms with Crippen LogP contribution in [0.1, 0.15) is 41.3 Å². The number of fused-ring (bicyclic) bond motifs is 1. The molecule has 0 unspecified atom stereocenters. The number of rotatable bonds is 4. The third-order valence-electron chi connectivity index (χ3n) is 5.30. The van der Waals surface area contributed by atoms with E-state index in [0.29, 0.717) is 17.5 Å². The number of aryl methyl sites for hydroxylation is 1. The van der Waals surface area contributed by atoms with Crippen LogP contribution in [0.3, 0.4) is 0 Å². The first-order valence-electron chi connectivity index (χ1n) is 9.79. The van der Waals surface area contributed by atoms with Crippen molar-refractivity contribution in [2.75, 3.05) is 5.32 Å². The maximum atomic E-state index is 14.1. The maximum absolute atomic E-state index is 14.1. The van der Waals surface area contributed by atoms with Crippen molar-refractivity contribution in [1.29, 1.82) is 0 Å². The van der Waals surface area contributed by atoms with E-state index in [1.54, 1.807) is 0 Å². The number of aromatic nitrogens is 3. The zero-order valence-corrected chi connectivity index (χ0v) is 17.3. The number of pyridine rings is 1. The molecule has 1 N–H and O–H groups in total. The molecule has 2 aromatic heterocycles. The Labute approximate surface area is 188 Å². The van der Waals surface area contributed by atoms with Crippen molar-refractivity contribution in [3.63, 3.8) is 0 Å². The number of carbonyl (C=O) groups is 1. The molecule has 188 valence electrons. The first-order valence-corrected chi connectivity index (χ1v) is 9.79. The van der Waals surface area contributed by atoms with Crippen LogP contribution in [-0.2, 0) is 23.7 Å². The van der Waals surface area contributed by atoms with E-state index in [0.717, 1.165) is 6.07 Å². The summed E-state index contributed by atoms with van der Waals surface area (Å²) in [6.45, 7) is 0.177. The highest BCUT2D eigenvalue weighted by Crippen LogP contribution is 2.44. The Morgan fingerprint density at radius 1 is 1.00 bits per heavy atom. The molecule has 0 bridgehead atoms. The second-order valence-corrected chi connectivity index (χ2v) is 7.86. The molecule has 1 aliphatic carbocycles. The van der Waals surface area contributed by atoms with Crippen LogP contribution in [0.25, 0.3) is 11.0 Å². The van der Waals surface area contributed by atoms with Crippen molar-refractivity contribution in [1.82, 2.24) is 14.8 Å². The highest BCUT2D eigenvalue weighted by molar-refractivity contribution is 5.92. The fraction of sp³-hybridized carbons (Fsp3) is 0.350. The Hall–Kier alpha value is -3.39. The Morgan fingerprint density at radius 3 is 2.06 bits per heavy atom. The minimum atomic E-state index is -5.77. The predicted octanol–water partition coefficient (Wildman–Crippen LogP) is 5.85. The SMILES string of the molecule is Cc1nn(CC(=O)Nc2c(F)c(F)c(C(F)(F)F)c(F)c2F)c2nc(C3CC3)cc(C(F)(F)F)c12. The summed E-state index contributed by atoms with van der Waals surface area (Å²) in [5.41, 5.74) is -6.18. The molecule has 1 amide bonds. The quantitative estimate of drug-likeness (QED) is 0.351. The van der Waals surface area contributed by atoms with Gasteiger partial charge in [-0.1, -0.05) is 0 Å². The summed E-state index contributed by atoms with van der Waals surface area (Å²) in [5.74, 6) is -12.3. The van der Waals surface area contributed by atoms with Crippen molar-refractivity contribution < 1.29 is 48.7 Å². The van der Waals surface area contributed by atoms with E-state index in [-0.39, 0.29) is 23.0 Å². The molecule has 5 nitrogen and oxygen atoms in total. The summed E-state index contributed by atoms with van der Waals surface area (Å²) in [7, 11) is 0. The first kappa shape index (κ1) is 24.7. The summed E-state index contributed by atoms with van der Waals surface area (Å²) in [4.78, 5) is 16.5. The topological polar surface area (TPSA) is 59.8 Å². The van der Waals surface area contributed by atoms with E-state index in [2.05, 4.69) is 10.1 Å². The minimum absolute atomic E-state index is 0.0929. The van der Waals surface area contributed by atoms with Gasteiger partial charge in [0.1, 0.15) is 17.8 Å². The number of amides is 1. The van der Waals surface area contributed by atoms with E-state index < -0.39 is 70.3 Å². The number of hydrogen-bond acceptors (Lipinski definition) is 3. The summed E-state index contributed by atoms with van der Waals surface area (Å²) in [6.07, 6.45) is -9.39. The van der Waals surface area contributed by atoms with E-state index in [1.165, 1.54) is 12.2 Å². The summed E-state index contributed by atoms with van der Waals surface area (Å²) >= 11 is 0. The van der Waals surface area contributed by atoms with E-state index in [4.69, 9.17) is 0 Å². The molecule has 0 saturated heterocycles. The van der Waals surface area contributed by atoms with E-state index in [1.807, 2.05) is 0 Å². The van der Waals surface area contributed by atoms with Gasteiger partial charge < -0.3 is 5.32 Å². The van der Waals surface area contributed by atoms with Crippen LogP contribution < -0.4 is 5.32 Å². The number of benzene rings is 1. The Balaban J connectivity index is 1.72. The van der Waals surface area contributed by atoms with Crippen molar-refractivity contribution in [3.05, 3.63) is 51.9 Å². The van der Waals surface area contributed by atoms with Gasteiger partial charge in [0.05, 0.1) is 16.6 Å². The van der Waals surface area contributed by atoms with Crippen molar-refractivity contribution >= 4 is 22.6 Å². The minimum Gasteiger partial charge on any atom is -0.319 e. The van der Waals surface area contributed by atoms with Crippen LogP contribution in [-0.4, -0.2) is 20.7 Å². The van der Waals surface area contributed by atoms with E-state index >= 15 is 0 Å². The molecule has 0 spiro atoms.